The first-order valence-corrected chi connectivity index (χ1v) is 7.31. The molecule has 0 aromatic carbocycles. The molecule has 1 saturated heterocycles. The summed E-state index contributed by atoms with van der Waals surface area (Å²) in [4.78, 5) is 37.6. The van der Waals surface area contributed by atoms with Crippen LogP contribution in [-0.4, -0.2) is 39.9 Å². The van der Waals surface area contributed by atoms with Crippen molar-refractivity contribution in [3.8, 4) is 0 Å². The lowest BCUT2D eigenvalue weighted by molar-refractivity contribution is -0.149. The molecule has 6 heteroatoms. The number of nitrogens with one attached hydrogen (secondary N) is 1. The smallest absolute Gasteiger partial charge is 0.250 e. The maximum absolute atomic E-state index is 12.3. The lowest BCUT2D eigenvalue weighted by Gasteiger charge is -2.38. The Morgan fingerprint density at radius 3 is 2.62 bits per heavy atom. The van der Waals surface area contributed by atoms with E-state index in [4.69, 9.17) is 0 Å². The maximum Gasteiger partial charge on any atom is 0.250 e. The van der Waals surface area contributed by atoms with Crippen LogP contribution in [0.1, 0.15) is 26.7 Å². The Hall–Kier alpha value is -2.11. The van der Waals surface area contributed by atoms with E-state index in [9.17, 15) is 14.4 Å². The fourth-order valence-corrected chi connectivity index (χ4v) is 2.60. The summed E-state index contributed by atoms with van der Waals surface area (Å²) in [7, 11) is 0. The molecule has 1 fully saturated rings. The predicted molar refractivity (Wildman–Crippen MR) is 78.7 cm³/mol. The Morgan fingerprint density at radius 1 is 1.19 bits per heavy atom. The fraction of sp³-hybridized carbons (Fsp3) is 0.533. The molecule has 114 valence electrons. The minimum Gasteiger partial charge on any atom is -0.343 e. The number of pyridine rings is 1. The molecule has 1 aromatic rings. The van der Waals surface area contributed by atoms with Crippen LogP contribution < -0.4 is 10.9 Å². The Bertz CT molecular complexity index is 582. The second kappa shape index (κ2) is 6.56. The summed E-state index contributed by atoms with van der Waals surface area (Å²) in [5, 5.41) is 2.70. The summed E-state index contributed by atoms with van der Waals surface area (Å²) < 4.78 is 1.55. The Kier molecular flexibility index (Phi) is 4.77. The number of piperazine rings is 1. The number of carbonyl (C=O) groups is 2. The molecule has 0 radical (unpaired) electrons. The molecule has 2 atom stereocenters. The number of amides is 2. The van der Waals surface area contributed by atoms with Crippen molar-refractivity contribution in [2.45, 2.75) is 45.3 Å². The lowest BCUT2D eigenvalue weighted by Crippen LogP contribution is -2.62. The van der Waals surface area contributed by atoms with E-state index < -0.39 is 12.1 Å². The van der Waals surface area contributed by atoms with Gasteiger partial charge in [-0.15, -0.1) is 0 Å². The average molecular weight is 291 g/mol. The van der Waals surface area contributed by atoms with Crippen molar-refractivity contribution in [2.24, 2.45) is 0 Å². The molecular formula is C15H21N3O3. The van der Waals surface area contributed by atoms with Gasteiger partial charge in [0.05, 0.1) is 0 Å². The van der Waals surface area contributed by atoms with Gasteiger partial charge in [-0.2, -0.15) is 0 Å². The average Bonchev–Trinajstić information content (AvgIpc) is 2.46. The summed E-state index contributed by atoms with van der Waals surface area (Å²) in [6.07, 6.45) is 3.14. The largest absolute Gasteiger partial charge is 0.343 e. The van der Waals surface area contributed by atoms with Crippen molar-refractivity contribution in [1.82, 2.24) is 14.8 Å². The van der Waals surface area contributed by atoms with Gasteiger partial charge in [-0.3, -0.25) is 14.4 Å². The molecule has 2 rings (SSSR count). The molecule has 0 aliphatic carbocycles. The number of hydrogen-bond donors (Lipinski definition) is 1. The Balaban J connectivity index is 2.13. The van der Waals surface area contributed by atoms with Gasteiger partial charge in [0.15, 0.2) is 0 Å². The van der Waals surface area contributed by atoms with Crippen molar-refractivity contribution < 1.29 is 9.59 Å². The first kappa shape index (κ1) is 15.3. The summed E-state index contributed by atoms with van der Waals surface area (Å²) in [6.45, 7) is 4.43. The van der Waals surface area contributed by atoms with Crippen LogP contribution in [0, 0.1) is 0 Å². The number of nitrogens with zero attached hydrogens (tertiary/aromatic N) is 2. The molecule has 1 aliphatic rings. The quantitative estimate of drug-likeness (QED) is 0.851. The van der Waals surface area contributed by atoms with Crippen LogP contribution in [0.25, 0.3) is 0 Å². The topological polar surface area (TPSA) is 71.4 Å². The van der Waals surface area contributed by atoms with Crippen molar-refractivity contribution in [1.29, 1.82) is 0 Å². The highest BCUT2D eigenvalue weighted by atomic mass is 16.2. The number of rotatable bonds is 5. The van der Waals surface area contributed by atoms with Crippen LogP contribution in [-0.2, 0) is 16.1 Å². The highest BCUT2D eigenvalue weighted by molar-refractivity contribution is 5.96. The summed E-state index contributed by atoms with van der Waals surface area (Å²) in [5.74, 6) is -0.193. The van der Waals surface area contributed by atoms with E-state index in [1.807, 2.05) is 6.92 Å². The summed E-state index contributed by atoms with van der Waals surface area (Å²) in [5.41, 5.74) is -0.105. The van der Waals surface area contributed by atoms with E-state index in [1.165, 1.54) is 6.07 Å². The Labute approximate surface area is 123 Å². The van der Waals surface area contributed by atoms with Gasteiger partial charge >= 0.3 is 0 Å². The minimum atomic E-state index is -0.502. The molecule has 21 heavy (non-hydrogen) atoms. The van der Waals surface area contributed by atoms with E-state index in [2.05, 4.69) is 5.32 Å². The maximum atomic E-state index is 12.3. The number of carbonyl (C=O) groups excluding carboxylic acids is 2. The predicted octanol–water partition coefficient (Wildman–Crippen LogP) is 0.364. The normalized spacial score (nSPS) is 22.3. The minimum absolute atomic E-state index is 0.0861. The molecule has 1 N–H and O–H groups in total. The molecule has 0 spiro atoms. The van der Waals surface area contributed by atoms with Crippen molar-refractivity contribution in [2.75, 3.05) is 6.54 Å². The van der Waals surface area contributed by atoms with Crippen molar-refractivity contribution in [3.05, 3.63) is 34.7 Å². The van der Waals surface area contributed by atoms with Crippen LogP contribution in [0.5, 0.6) is 0 Å². The zero-order valence-electron chi connectivity index (χ0n) is 12.4. The molecular weight excluding hydrogens is 270 g/mol. The third kappa shape index (κ3) is 3.32. The second-order valence-corrected chi connectivity index (χ2v) is 5.30. The van der Waals surface area contributed by atoms with Crippen molar-refractivity contribution >= 4 is 11.8 Å². The second-order valence-electron chi connectivity index (χ2n) is 5.30. The van der Waals surface area contributed by atoms with Gasteiger partial charge in [-0.25, -0.2) is 0 Å². The SMILES string of the molecule is CCCC1C(=O)NC(C)C(=O)N1CCn1ccccc1=O. The fourth-order valence-electron chi connectivity index (χ4n) is 2.60. The van der Waals surface area contributed by atoms with Gasteiger partial charge in [0, 0.05) is 25.4 Å². The first-order chi connectivity index (χ1) is 10.0. The van der Waals surface area contributed by atoms with E-state index >= 15 is 0 Å². The molecule has 0 bridgehead atoms. The monoisotopic (exact) mass is 291 g/mol. The highest BCUT2D eigenvalue weighted by Gasteiger charge is 2.37. The third-order valence-electron chi connectivity index (χ3n) is 3.73. The van der Waals surface area contributed by atoms with E-state index in [-0.39, 0.29) is 17.4 Å². The zero-order valence-corrected chi connectivity index (χ0v) is 12.4. The van der Waals surface area contributed by atoms with Crippen LogP contribution in [0.4, 0.5) is 0 Å². The van der Waals surface area contributed by atoms with Crippen LogP contribution in [0.15, 0.2) is 29.2 Å². The molecule has 6 nitrogen and oxygen atoms in total. The van der Waals surface area contributed by atoms with Gasteiger partial charge in [0.2, 0.25) is 11.8 Å². The lowest BCUT2D eigenvalue weighted by atomic mass is 10.0. The van der Waals surface area contributed by atoms with Crippen LogP contribution in [0.2, 0.25) is 0 Å². The van der Waals surface area contributed by atoms with Gasteiger partial charge in [-0.05, 0) is 19.4 Å². The Morgan fingerprint density at radius 2 is 1.95 bits per heavy atom. The van der Waals surface area contributed by atoms with E-state index in [0.29, 0.717) is 19.5 Å². The third-order valence-corrected chi connectivity index (χ3v) is 3.73. The van der Waals surface area contributed by atoms with Gasteiger partial charge in [0.25, 0.3) is 5.56 Å². The van der Waals surface area contributed by atoms with Gasteiger partial charge in [0.1, 0.15) is 12.1 Å². The molecule has 2 unspecified atom stereocenters. The zero-order chi connectivity index (χ0) is 15.4. The van der Waals surface area contributed by atoms with E-state index in [1.54, 1.807) is 34.7 Å². The summed E-state index contributed by atoms with van der Waals surface area (Å²) in [6, 6.07) is 4.01. The van der Waals surface area contributed by atoms with Crippen LogP contribution in [0.3, 0.4) is 0 Å². The molecule has 1 aromatic heterocycles. The highest BCUT2D eigenvalue weighted by Crippen LogP contribution is 2.14. The van der Waals surface area contributed by atoms with Crippen LogP contribution >= 0.6 is 0 Å². The number of aromatic nitrogens is 1. The standard InChI is InChI=1S/C15H21N3O3/c1-3-6-12-14(20)16-11(2)15(21)18(12)10-9-17-8-5-4-7-13(17)19/h4-5,7-8,11-12H,3,6,9-10H2,1-2H3,(H,16,20). The first-order valence-electron chi connectivity index (χ1n) is 7.31. The van der Waals surface area contributed by atoms with E-state index in [0.717, 1.165) is 6.42 Å². The van der Waals surface area contributed by atoms with Gasteiger partial charge < -0.3 is 14.8 Å². The van der Waals surface area contributed by atoms with Gasteiger partial charge in [-0.1, -0.05) is 19.4 Å². The molecule has 0 saturated carbocycles. The molecule has 2 heterocycles. The summed E-state index contributed by atoms with van der Waals surface area (Å²) >= 11 is 0. The molecule has 1 aliphatic heterocycles. The number of hydrogen-bond acceptors (Lipinski definition) is 3. The van der Waals surface area contributed by atoms with Crippen molar-refractivity contribution in [3.63, 3.8) is 0 Å². The molecule has 2 amide bonds.